The standard InChI is InChI=1S/C26H28N2O3/c1-2-21(26(29)30)28-22-13-15-27(17-18-7-4-3-5-8-18)14-12-19(22)25-20-9-6-16-31-24(20)11-10-23(25)28/h3-11,21H,2,12-17H2,1H3,(H,29,30)/p-1. The Morgan fingerprint density at radius 2 is 1.94 bits per heavy atom. The number of aromatic nitrogens is 1. The van der Waals surface area contributed by atoms with Crippen LogP contribution in [0.4, 0.5) is 0 Å². The molecule has 1 atom stereocenters. The highest BCUT2D eigenvalue weighted by Gasteiger charge is 2.28. The van der Waals surface area contributed by atoms with Gasteiger partial charge in [0.1, 0.15) is 12.4 Å². The van der Waals surface area contributed by atoms with E-state index in [4.69, 9.17) is 4.74 Å². The van der Waals surface area contributed by atoms with Crippen LogP contribution in [-0.4, -0.2) is 35.1 Å². The van der Waals surface area contributed by atoms with Crippen LogP contribution in [0, 0.1) is 0 Å². The molecule has 160 valence electrons. The topological polar surface area (TPSA) is 57.5 Å². The monoisotopic (exact) mass is 415 g/mol. The summed E-state index contributed by atoms with van der Waals surface area (Å²) in [5.41, 5.74) is 5.75. The first kappa shape index (κ1) is 19.9. The van der Waals surface area contributed by atoms with E-state index >= 15 is 0 Å². The molecule has 1 unspecified atom stereocenters. The Morgan fingerprint density at radius 1 is 1.13 bits per heavy atom. The van der Waals surface area contributed by atoms with Crippen molar-refractivity contribution in [3.63, 3.8) is 0 Å². The number of nitrogens with zero attached hydrogens (tertiary/aromatic N) is 2. The lowest BCUT2D eigenvalue weighted by atomic mass is 10.00. The van der Waals surface area contributed by atoms with Crippen LogP contribution in [0.1, 0.15) is 41.8 Å². The maximum atomic E-state index is 12.1. The van der Waals surface area contributed by atoms with E-state index in [-0.39, 0.29) is 0 Å². The zero-order chi connectivity index (χ0) is 21.4. The second kappa shape index (κ2) is 8.23. The van der Waals surface area contributed by atoms with Crippen molar-refractivity contribution in [3.8, 4) is 5.75 Å². The predicted molar refractivity (Wildman–Crippen MR) is 120 cm³/mol. The van der Waals surface area contributed by atoms with E-state index < -0.39 is 12.0 Å². The number of carbonyl (C=O) groups excluding carboxylic acids is 1. The molecule has 2 aliphatic rings. The summed E-state index contributed by atoms with van der Waals surface area (Å²) in [5, 5.41) is 13.2. The minimum Gasteiger partial charge on any atom is -0.548 e. The molecule has 1 aromatic heterocycles. The van der Waals surface area contributed by atoms with Gasteiger partial charge in [0.05, 0.1) is 12.0 Å². The van der Waals surface area contributed by atoms with Crippen LogP contribution in [0.2, 0.25) is 0 Å². The molecule has 3 aromatic rings. The maximum absolute atomic E-state index is 12.1. The largest absolute Gasteiger partial charge is 0.548 e. The summed E-state index contributed by atoms with van der Waals surface area (Å²) in [7, 11) is 0. The van der Waals surface area contributed by atoms with Gasteiger partial charge >= 0.3 is 0 Å². The third-order valence-electron chi connectivity index (χ3n) is 6.57. The minimum atomic E-state index is -1.02. The van der Waals surface area contributed by atoms with Gasteiger partial charge in [-0.15, -0.1) is 0 Å². The molecule has 5 heteroatoms. The van der Waals surface area contributed by atoms with Gasteiger partial charge in [0.2, 0.25) is 0 Å². The lowest BCUT2D eigenvalue weighted by Crippen LogP contribution is -2.34. The summed E-state index contributed by atoms with van der Waals surface area (Å²) in [5.74, 6) is -0.140. The van der Waals surface area contributed by atoms with Crippen molar-refractivity contribution < 1.29 is 14.6 Å². The molecule has 0 bridgehead atoms. The van der Waals surface area contributed by atoms with Crippen molar-refractivity contribution >= 4 is 22.9 Å². The normalized spacial score (nSPS) is 16.9. The van der Waals surface area contributed by atoms with Gasteiger partial charge in [0.25, 0.3) is 0 Å². The second-order valence-corrected chi connectivity index (χ2v) is 8.38. The van der Waals surface area contributed by atoms with Crippen LogP contribution in [0.25, 0.3) is 17.0 Å². The number of carboxylic acids is 1. The molecule has 5 rings (SSSR count). The molecule has 5 nitrogen and oxygen atoms in total. The average Bonchev–Trinajstić information content (AvgIpc) is 2.95. The SMILES string of the molecule is CCC(C(=O)[O-])n1c2c(c3c4c(ccc31)OCC=C4)CCN(Cc1ccccc1)CC2. The van der Waals surface area contributed by atoms with Gasteiger partial charge in [-0.3, -0.25) is 4.90 Å². The van der Waals surface area contributed by atoms with E-state index in [2.05, 4.69) is 35.2 Å². The van der Waals surface area contributed by atoms with E-state index in [1.54, 1.807) is 0 Å². The number of ether oxygens (including phenoxy) is 1. The number of rotatable bonds is 5. The van der Waals surface area contributed by atoms with Crippen molar-refractivity contribution in [2.24, 2.45) is 0 Å². The zero-order valence-corrected chi connectivity index (χ0v) is 17.8. The molecule has 0 N–H and O–H groups in total. The van der Waals surface area contributed by atoms with Crippen molar-refractivity contribution in [1.82, 2.24) is 9.47 Å². The fourth-order valence-electron chi connectivity index (χ4n) is 5.13. The number of aliphatic carboxylic acids is 1. The lowest BCUT2D eigenvalue weighted by molar-refractivity contribution is -0.310. The van der Waals surface area contributed by atoms with Gasteiger partial charge < -0.3 is 19.2 Å². The minimum absolute atomic E-state index is 0.496. The van der Waals surface area contributed by atoms with E-state index in [9.17, 15) is 9.90 Å². The van der Waals surface area contributed by atoms with Crippen LogP contribution in [0.15, 0.2) is 48.5 Å². The van der Waals surface area contributed by atoms with E-state index in [1.165, 1.54) is 11.1 Å². The molecule has 0 saturated heterocycles. The number of hydrogen-bond acceptors (Lipinski definition) is 4. The lowest BCUT2D eigenvalue weighted by Gasteiger charge is -2.24. The smallest absolute Gasteiger partial charge is 0.127 e. The first-order valence-electron chi connectivity index (χ1n) is 11.1. The van der Waals surface area contributed by atoms with Gasteiger partial charge in [-0.2, -0.15) is 0 Å². The van der Waals surface area contributed by atoms with Crippen LogP contribution >= 0.6 is 0 Å². The fourth-order valence-corrected chi connectivity index (χ4v) is 5.13. The number of fused-ring (bicyclic) bond motifs is 5. The summed E-state index contributed by atoms with van der Waals surface area (Å²) < 4.78 is 7.90. The molecule has 0 aliphatic carbocycles. The molecule has 2 aromatic carbocycles. The molecule has 0 saturated carbocycles. The van der Waals surface area contributed by atoms with Crippen LogP contribution in [0.5, 0.6) is 5.75 Å². The third kappa shape index (κ3) is 3.53. The number of carboxylic acid groups (broad SMARTS) is 1. The van der Waals surface area contributed by atoms with Gasteiger partial charge in [0.15, 0.2) is 0 Å². The Balaban J connectivity index is 1.61. The first-order chi connectivity index (χ1) is 15.2. The molecular weight excluding hydrogens is 388 g/mol. The molecule has 31 heavy (non-hydrogen) atoms. The Hall–Kier alpha value is -3.05. The van der Waals surface area contributed by atoms with Crippen LogP contribution in [0.3, 0.4) is 0 Å². The van der Waals surface area contributed by atoms with Gasteiger partial charge in [-0.05, 0) is 42.2 Å². The van der Waals surface area contributed by atoms with Crippen molar-refractivity contribution in [3.05, 3.63) is 70.9 Å². The summed E-state index contributed by atoms with van der Waals surface area (Å²) in [6.07, 6.45) is 6.35. The third-order valence-corrected chi connectivity index (χ3v) is 6.57. The van der Waals surface area contributed by atoms with Gasteiger partial charge in [-0.1, -0.05) is 43.3 Å². The van der Waals surface area contributed by atoms with Crippen molar-refractivity contribution in [1.29, 1.82) is 0 Å². The van der Waals surface area contributed by atoms with Crippen molar-refractivity contribution in [2.75, 3.05) is 19.7 Å². The Bertz CT molecular complexity index is 1150. The predicted octanol–water partition coefficient (Wildman–Crippen LogP) is 3.35. The van der Waals surface area contributed by atoms with Crippen molar-refractivity contribution in [2.45, 2.75) is 38.8 Å². The maximum Gasteiger partial charge on any atom is 0.127 e. The number of benzene rings is 2. The second-order valence-electron chi connectivity index (χ2n) is 8.38. The molecule has 0 fully saturated rings. The Labute approximate surface area is 182 Å². The summed E-state index contributed by atoms with van der Waals surface area (Å²) in [6.45, 7) is 5.23. The highest BCUT2D eigenvalue weighted by Crippen LogP contribution is 2.40. The molecule has 0 radical (unpaired) electrons. The van der Waals surface area contributed by atoms with Crippen LogP contribution < -0.4 is 9.84 Å². The fraction of sp³-hybridized carbons (Fsp3) is 0.346. The summed E-state index contributed by atoms with van der Waals surface area (Å²) in [6, 6.07) is 13.8. The Kier molecular flexibility index (Phi) is 5.28. The molecule has 0 amide bonds. The summed E-state index contributed by atoms with van der Waals surface area (Å²) in [4.78, 5) is 14.5. The average molecular weight is 416 g/mol. The molecule has 2 aliphatic heterocycles. The van der Waals surface area contributed by atoms with Gasteiger partial charge in [-0.25, -0.2) is 0 Å². The van der Waals surface area contributed by atoms with E-state index in [0.29, 0.717) is 13.0 Å². The number of carbonyl (C=O) groups is 1. The molecular formula is C26H27N2O3-. The number of hydrogen-bond donors (Lipinski definition) is 0. The Morgan fingerprint density at radius 3 is 2.71 bits per heavy atom. The molecule has 0 spiro atoms. The quantitative estimate of drug-likeness (QED) is 0.641. The van der Waals surface area contributed by atoms with E-state index in [1.807, 2.05) is 35.8 Å². The zero-order valence-electron chi connectivity index (χ0n) is 17.8. The van der Waals surface area contributed by atoms with Crippen LogP contribution in [-0.2, 0) is 24.2 Å². The summed E-state index contributed by atoms with van der Waals surface area (Å²) >= 11 is 0. The highest BCUT2D eigenvalue weighted by atomic mass is 16.5. The first-order valence-corrected chi connectivity index (χ1v) is 11.1. The van der Waals surface area contributed by atoms with Gasteiger partial charge in [0, 0.05) is 48.2 Å². The molecule has 3 heterocycles. The van der Waals surface area contributed by atoms with E-state index in [0.717, 1.165) is 60.4 Å². The highest BCUT2D eigenvalue weighted by molar-refractivity contribution is 5.97.